The average molecular weight is 303 g/mol. The van der Waals surface area contributed by atoms with Crippen LogP contribution in [0.4, 0.5) is 5.69 Å². The molecule has 1 N–H and O–H groups in total. The quantitative estimate of drug-likeness (QED) is 0.674. The van der Waals surface area contributed by atoms with Crippen LogP contribution in [0.25, 0.3) is 11.0 Å². The number of carbonyl (C=O) groups excluding carboxylic acids is 2. The van der Waals surface area contributed by atoms with Gasteiger partial charge in [0.2, 0.25) is 5.43 Å². The normalized spacial score (nSPS) is 11.1. The van der Waals surface area contributed by atoms with E-state index in [-0.39, 0.29) is 16.8 Å². The Bertz CT molecular complexity index is 805. The van der Waals surface area contributed by atoms with E-state index >= 15 is 0 Å². The predicted molar refractivity (Wildman–Crippen MR) is 78.2 cm³/mol. The summed E-state index contributed by atoms with van der Waals surface area (Å²) < 4.78 is 14.3. The molecule has 0 unspecified atom stereocenters. The van der Waals surface area contributed by atoms with Gasteiger partial charge in [0.1, 0.15) is 23.2 Å². The van der Waals surface area contributed by atoms with Crippen LogP contribution in [0.1, 0.15) is 0 Å². The second kappa shape index (κ2) is 6.57. The third kappa shape index (κ3) is 3.14. The van der Waals surface area contributed by atoms with Gasteiger partial charge < -0.3 is 19.2 Å². The average Bonchev–Trinajstić information content (AvgIpc) is 2.55. The molecule has 1 heterocycles. The first-order chi connectivity index (χ1) is 10.6. The van der Waals surface area contributed by atoms with Gasteiger partial charge in [0, 0.05) is 0 Å². The van der Waals surface area contributed by atoms with Gasteiger partial charge in [-0.3, -0.25) is 4.79 Å². The van der Waals surface area contributed by atoms with Crippen LogP contribution in [-0.2, 0) is 19.1 Å². The molecule has 2 rings (SSSR count). The lowest BCUT2D eigenvalue weighted by molar-refractivity contribution is -0.138. The third-order valence-corrected chi connectivity index (χ3v) is 2.82. The number of nitrogens with one attached hydrogen (secondary N) is 1. The molecule has 0 bridgehead atoms. The van der Waals surface area contributed by atoms with Crippen LogP contribution in [0, 0.1) is 0 Å². The molecule has 0 saturated heterocycles. The van der Waals surface area contributed by atoms with E-state index in [0.717, 1.165) is 20.3 Å². The number of fused-ring (bicyclic) bond motifs is 1. The summed E-state index contributed by atoms with van der Waals surface area (Å²) in [6.45, 7) is 0. The summed E-state index contributed by atoms with van der Waals surface area (Å²) in [6.07, 6.45) is 2.05. The largest absolute Gasteiger partial charge is 0.466 e. The molecule has 1 aromatic heterocycles. The van der Waals surface area contributed by atoms with E-state index in [1.54, 1.807) is 24.3 Å². The van der Waals surface area contributed by atoms with Crippen LogP contribution in [-0.4, -0.2) is 26.2 Å². The highest BCUT2D eigenvalue weighted by Crippen LogP contribution is 2.14. The van der Waals surface area contributed by atoms with Gasteiger partial charge in [0.05, 0.1) is 25.7 Å². The highest BCUT2D eigenvalue weighted by atomic mass is 16.5. The first kappa shape index (κ1) is 15.3. The zero-order chi connectivity index (χ0) is 16.1. The first-order valence-electron chi connectivity index (χ1n) is 6.22. The Labute approximate surface area is 125 Å². The fourth-order valence-corrected chi connectivity index (χ4v) is 1.74. The second-order valence-corrected chi connectivity index (χ2v) is 4.17. The van der Waals surface area contributed by atoms with Gasteiger partial charge >= 0.3 is 11.9 Å². The maximum atomic E-state index is 12.3. The molecule has 7 heteroatoms. The molecule has 0 aliphatic carbocycles. The number of para-hydroxylation sites is 1. The summed E-state index contributed by atoms with van der Waals surface area (Å²) in [5.41, 5.74) is -0.202. The van der Waals surface area contributed by atoms with Crippen molar-refractivity contribution in [3.05, 3.63) is 52.5 Å². The van der Waals surface area contributed by atoms with Crippen molar-refractivity contribution >= 4 is 28.6 Å². The lowest BCUT2D eigenvalue weighted by Crippen LogP contribution is -2.19. The van der Waals surface area contributed by atoms with Crippen LogP contribution in [0.5, 0.6) is 0 Å². The maximum absolute atomic E-state index is 12.3. The van der Waals surface area contributed by atoms with Crippen LogP contribution in [0.3, 0.4) is 0 Å². The topological polar surface area (TPSA) is 94.8 Å². The molecular formula is C15H13NO6. The van der Waals surface area contributed by atoms with E-state index in [0.29, 0.717) is 11.0 Å². The second-order valence-electron chi connectivity index (χ2n) is 4.17. The third-order valence-electron chi connectivity index (χ3n) is 2.82. The first-order valence-corrected chi connectivity index (χ1v) is 6.22. The maximum Gasteiger partial charge on any atom is 0.354 e. The van der Waals surface area contributed by atoms with E-state index in [1.807, 2.05) is 0 Å². The Morgan fingerprint density at radius 2 is 1.91 bits per heavy atom. The molecule has 0 spiro atoms. The molecule has 0 amide bonds. The molecule has 7 nitrogen and oxygen atoms in total. The monoisotopic (exact) mass is 303 g/mol. The van der Waals surface area contributed by atoms with Crippen molar-refractivity contribution < 1.29 is 23.5 Å². The Hall–Kier alpha value is -3.09. The molecule has 0 atom stereocenters. The van der Waals surface area contributed by atoms with Crippen molar-refractivity contribution in [1.29, 1.82) is 0 Å². The SMILES string of the molecule is COC(=O)/C=C(\Nc1coc2ccccc2c1=O)C(=O)OC. The lowest BCUT2D eigenvalue weighted by atomic mass is 10.2. The minimum atomic E-state index is -0.821. The van der Waals surface area contributed by atoms with E-state index in [2.05, 4.69) is 14.8 Å². The Morgan fingerprint density at radius 1 is 1.18 bits per heavy atom. The molecule has 1 aromatic carbocycles. The summed E-state index contributed by atoms with van der Waals surface area (Å²) in [7, 11) is 2.32. The molecule has 0 aliphatic rings. The van der Waals surface area contributed by atoms with Gasteiger partial charge in [0.15, 0.2) is 0 Å². The molecule has 0 aliphatic heterocycles. The van der Waals surface area contributed by atoms with Crippen molar-refractivity contribution in [2.45, 2.75) is 0 Å². The minimum Gasteiger partial charge on any atom is -0.466 e. The summed E-state index contributed by atoms with van der Waals surface area (Å²) in [6, 6.07) is 6.66. The van der Waals surface area contributed by atoms with Crippen LogP contribution in [0.2, 0.25) is 0 Å². The smallest absolute Gasteiger partial charge is 0.354 e. The van der Waals surface area contributed by atoms with E-state index in [4.69, 9.17) is 4.42 Å². The number of ether oxygens (including phenoxy) is 2. The number of hydrogen-bond acceptors (Lipinski definition) is 7. The standard InChI is InChI=1S/C15H13NO6/c1-20-13(17)7-10(15(19)21-2)16-11-8-22-12-6-4-3-5-9(12)14(11)18/h3-8,16H,1-2H3/b10-7-. The van der Waals surface area contributed by atoms with Crippen LogP contribution in [0.15, 0.2) is 51.5 Å². The molecular weight excluding hydrogens is 290 g/mol. The summed E-state index contributed by atoms with van der Waals surface area (Å²) >= 11 is 0. The minimum absolute atomic E-state index is 0.000692. The van der Waals surface area contributed by atoms with E-state index < -0.39 is 11.9 Å². The van der Waals surface area contributed by atoms with Gasteiger partial charge in [-0.25, -0.2) is 9.59 Å². The van der Waals surface area contributed by atoms with Crippen LogP contribution < -0.4 is 10.7 Å². The number of carbonyl (C=O) groups is 2. The highest BCUT2D eigenvalue weighted by molar-refractivity contribution is 5.99. The van der Waals surface area contributed by atoms with Gasteiger partial charge in [0.25, 0.3) is 0 Å². The zero-order valence-corrected chi connectivity index (χ0v) is 11.9. The Kier molecular flexibility index (Phi) is 4.57. The number of benzene rings is 1. The fraction of sp³-hybridized carbons (Fsp3) is 0.133. The molecule has 2 aromatic rings. The van der Waals surface area contributed by atoms with Crippen molar-refractivity contribution in [2.24, 2.45) is 0 Å². The summed E-state index contributed by atoms with van der Waals surface area (Å²) in [5, 5.41) is 2.88. The highest BCUT2D eigenvalue weighted by Gasteiger charge is 2.15. The molecule has 0 fully saturated rings. The number of esters is 2. The number of anilines is 1. The van der Waals surface area contributed by atoms with Crippen LogP contribution >= 0.6 is 0 Å². The fourth-order valence-electron chi connectivity index (χ4n) is 1.74. The number of hydrogen-bond donors (Lipinski definition) is 1. The molecule has 114 valence electrons. The Morgan fingerprint density at radius 3 is 2.59 bits per heavy atom. The number of methoxy groups -OCH3 is 2. The van der Waals surface area contributed by atoms with Gasteiger partial charge in [-0.05, 0) is 12.1 Å². The zero-order valence-electron chi connectivity index (χ0n) is 11.9. The van der Waals surface area contributed by atoms with Gasteiger partial charge in [-0.1, -0.05) is 12.1 Å². The summed E-state index contributed by atoms with van der Waals surface area (Å²) in [4.78, 5) is 35.2. The van der Waals surface area contributed by atoms with Crippen molar-refractivity contribution in [3.8, 4) is 0 Å². The van der Waals surface area contributed by atoms with E-state index in [1.165, 1.54) is 6.26 Å². The predicted octanol–water partition coefficient (Wildman–Crippen LogP) is 1.43. The van der Waals surface area contributed by atoms with Crippen molar-refractivity contribution in [3.63, 3.8) is 0 Å². The summed E-state index contributed by atoms with van der Waals surface area (Å²) in [5.74, 6) is -1.59. The Balaban J connectivity index is 2.44. The molecule has 0 saturated carbocycles. The lowest BCUT2D eigenvalue weighted by Gasteiger charge is -2.08. The van der Waals surface area contributed by atoms with E-state index in [9.17, 15) is 14.4 Å². The molecule has 0 radical (unpaired) electrons. The van der Waals surface area contributed by atoms with Gasteiger partial charge in [-0.2, -0.15) is 0 Å². The van der Waals surface area contributed by atoms with Crippen molar-refractivity contribution in [1.82, 2.24) is 0 Å². The molecule has 22 heavy (non-hydrogen) atoms. The van der Waals surface area contributed by atoms with Crippen molar-refractivity contribution in [2.75, 3.05) is 19.5 Å². The number of rotatable bonds is 4. The van der Waals surface area contributed by atoms with Gasteiger partial charge in [-0.15, -0.1) is 0 Å².